The topological polar surface area (TPSA) is 80.5 Å². The molecule has 6 nitrogen and oxygen atoms in total. The molecule has 0 saturated carbocycles. The highest BCUT2D eigenvalue weighted by Gasteiger charge is 2.24. The van der Waals surface area contributed by atoms with Gasteiger partial charge in [-0.15, -0.1) is 0 Å². The number of pyridine rings is 1. The van der Waals surface area contributed by atoms with Gasteiger partial charge in [0.15, 0.2) is 0 Å². The first kappa shape index (κ1) is 22.5. The molecule has 2 aliphatic rings. The van der Waals surface area contributed by atoms with Crippen molar-refractivity contribution in [1.82, 2.24) is 15.2 Å². The van der Waals surface area contributed by atoms with E-state index in [0.717, 1.165) is 41.8 Å². The molecule has 5 rings (SSSR count). The standard InChI is InChI=1S/C27H29FN4O2/c1-16(2)32-11-12-34-24(15-32)18-5-3-17(4-6-18)22-14-23(26(29)31-25(22)28)19-7-8-21-20(13-19)9-10-30-27(21)33/h3-8,13-14,16,24H,9-12,15H2,1-2H3,(H2,29,31)(H,30,33). The lowest BCUT2D eigenvalue weighted by atomic mass is 9.93. The third-order valence-corrected chi connectivity index (χ3v) is 6.77. The number of nitrogens with one attached hydrogen (secondary N) is 1. The van der Waals surface area contributed by atoms with Crippen LogP contribution in [-0.4, -0.2) is 48.1 Å². The van der Waals surface area contributed by atoms with Crippen LogP contribution in [0.2, 0.25) is 0 Å². The van der Waals surface area contributed by atoms with Crippen molar-refractivity contribution in [1.29, 1.82) is 0 Å². The number of hydrogen-bond acceptors (Lipinski definition) is 5. The Hall–Kier alpha value is -3.29. The first-order valence-electron chi connectivity index (χ1n) is 11.7. The van der Waals surface area contributed by atoms with E-state index in [4.69, 9.17) is 10.5 Å². The summed E-state index contributed by atoms with van der Waals surface area (Å²) in [6, 6.07) is 15.6. The van der Waals surface area contributed by atoms with Gasteiger partial charge < -0.3 is 15.8 Å². The highest BCUT2D eigenvalue weighted by molar-refractivity contribution is 5.97. The molecule has 34 heavy (non-hydrogen) atoms. The van der Waals surface area contributed by atoms with Gasteiger partial charge in [0.05, 0.1) is 12.7 Å². The van der Waals surface area contributed by atoms with Crippen molar-refractivity contribution in [2.24, 2.45) is 0 Å². The molecule has 3 N–H and O–H groups in total. The maximum atomic E-state index is 14.9. The monoisotopic (exact) mass is 460 g/mol. The Morgan fingerprint density at radius 2 is 1.85 bits per heavy atom. The van der Waals surface area contributed by atoms with Crippen LogP contribution >= 0.6 is 0 Å². The van der Waals surface area contributed by atoms with E-state index in [-0.39, 0.29) is 17.8 Å². The lowest BCUT2D eigenvalue weighted by Crippen LogP contribution is -2.42. The van der Waals surface area contributed by atoms with Gasteiger partial charge in [0.2, 0.25) is 5.95 Å². The summed E-state index contributed by atoms with van der Waals surface area (Å²) in [6.07, 6.45) is 0.748. The van der Waals surface area contributed by atoms with E-state index in [9.17, 15) is 9.18 Å². The van der Waals surface area contributed by atoms with E-state index >= 15 is 0 Å². The smallest absolute Gasteiger partial charge is 0.251 e. The second kappa shape index (κ2) is 9.16. The van der Waals surface area contributed by atoms with Gasteiger partial charge in [-0.1, -0.05) is 36.4 Å². The molecule has 1 atom stereocenters. The summed E-state index contributed by atoms with van der Waals surface area (Å²) in [5, 5.41) is 2.85. The first-order valence-corrected chi connectivity index (χ1v) is 11.7. The number of nitrogens with zero attached hydrogens (tertiary/aromatic N) is 2. The van der Waals surface area contributed by atoms with Crippen LogP contribution in [0, 0.1) is 5.95 Å². The van der Waals surface area contributed by atoms with E-state index < -0.39 is 5.95 Å². The predicted molar refractivity (Wildman–Crippen MR) is 131 cm³/mol. The SMILES string of the molecule is CC(C)N1CCOC(c2ccc(-c3cc(-c4ccc5c(c4)CCNC5=O)c(N)nc3F)cc2)C1. The van der Waals surface area contributed by atoms with Gasteiger partial charge >= 0.3 is 0 Å². The average molecular weight is 461 g/mol. The van der Waals surface area contributed by atoms with E-state index in [1.54, 1.807) is 12.1 Å². The fourth-order valence-corrected chi connectivity index (χ4v) is 4.75. The lowest BCUT2D eigenvalue weighted by Gasteiger charge is -2.35. The Labute approximate surface area is 198 Å². The number of anilines is 1. The number of benzene rings is 2. The van der Waals surface area contributed by atoms with Gasteiger partial charge in [0, 0.05) is 42.4 Å². The van der Waals surface area contributed by atoms with Gasteiger partial charge in [-0.3, -0.25) is 9.69 Å². The van der Waals surface area contributed by atoms with Crippen molar-refractivity contribution >= 4 is 11.7 Å². The normalized spacial score (nSPS) is 18.6. The quantitative estimate of drug-likeness (QED) is 0.571. The average Bonchev–Trinajstić information content (AvgIpc) is 2.84. The summed E-state index contributed by atoms with van der Waals surface area (Å²) in [6.45, 7) is 7.46. The third-order valence-electron chi connectivity index (χ3n) is 6.77. The predicted octanol–water partition coefficient (Wildman–Crippen LogP) is 4.20. The van der Waals surface area contributed by atoms with Crippen molar-refractivity contribution in [3.8, 4) is 22.3 Å². The Bertz CT molecular complexity index is 1230. The summed E-state index contributed by atoms with van der Waals surface area (Å²) >= 11 is 0. The van der Waals surface area contributed by atoms with Crippen LogP contribution in [0.1, 0.15) is 41.4 Å². The molecule has 3 heterocycles. The maximum Gasteiger partial charge on any atom is 0.251 e. The van der Waals surface area contributed by atoms with E-state index in [0.29, 0.717) is 35.9 Å². The van der Waals surface area contributed by atoms with Gasteiger partial charge in [-0.25, -0.2) is 4.98 Å². The maximum absolute atomic E-state index is 14.9. The highest BCUT2D eigenvalue weighted by atomic mass is 19.1. The van der Waals surface area contributed by atoms with E-state index in [1.807, 2.05) is 36.4 Å². The van der Waals surface area contributed by atoms with E-state index in [2.05, 4.69) is 29.0 Å². The number of morpholine rings is 1. The molecular formula is C27H29FN4O2. The minimum absolute atomic E-state index is 0.00264. The largest absolute Gasteiger partial charge is 0.383 e. The van der Waals surface area contributed by atoms with Crippen molar-refractivity contribution in [3.05, 3.63) is 71.2 Å². The highest BCUT2D eigenvalue weighted by Crippen LogP contribution is 2.34. The summed E-state index contributed by atoms with van der Waals surface area (Å²) in [5.41, 5.74) is 11.4. The van der Waals surface area contributed by atoms with Crippen LogP contribution in [-0.2, 0) is 11.2 Å². The van der Waals surface area contributed by atoms with Crippen LogP contribution in [0.15, 0.2) is 48.5 Å². The molecule has 1 fully saturated rings. The number of fused-ring (bicyclic) bond motifs is 1. The van der Waals surface area contributed by atoms with Crippen LogP contribution in [0.5, 0.6) is 0 Å². The van der Waals surface area contributed by atoms with Crippen molar-refractivity contribution < 1.29 is 13.9 Å². The van der Waals surface area contributed by atoms with Gasteiger partial charge in [0.1, 0.15) is 5.82 Å². The van der Waals surface area contributed by atoms with Crippen molar-refractivity contribution in [2.75, 3.05) is 32.0 Å². The molecule has 1 saturated heterocycles. The Kier molecular flexibility index (Phi) is 6.06. The number of aromatic nitrogens is 1. The number of nitrogen functional groups attached to an aromatic ring is 1. The van der Waals surface area contributed by atoms with Crippen LogP contribution in [0.3, 0.4) is 0 Å². The number of carbonyl (C=O) groups is 1. The summed E-state index contributed by atoms with van der Waals surface area (Å²) in [5.74, 6) is -0.550. The number of nitrogens with two attached hydrogens (primary N) is 1. The molecule has 1 amide bonds. The second-order valence-corrected chi connectivity index (χ2v) is 9.21. The molecule has 3 aromatic rings. The number of amides is 1. The first-order chi connectivity index (χ1) is 16.4. The molecule has 1 aromatic heterocycles. The van der Waals surface area contributed by atoms with Crippen molar-refractivity contribution in [3.63, 3.8) is 0 Å². The van der Waals surface area contributed by atoms with Crippen LogP contribution in [0.4, 0.5) is 10.2 Å². The van der Waals surface area contributed by atoms with Gasteiger partial charge in [0.25, 0.3) is 5.91 Å². The number of hydrogen-bond donors (Lipinski definition) is 2. The van der Waals surface area contributed by atoms with Gasteiger partial charge in [-0.2, -0.15) is 4.39 Å². The Morgan fingerprint density at radius 1 is 1.09 bits per heavy atom. The number of rotatable bonds is 4. The molecule has 0 bridgehead atoms. The fraction of sp³-hybridized carbons (Fsp3) is 0.333. The molecule has 2 aromatic carbocycles. The molecule has 176 valence electrons. The zero-order valence-corrected chi connectivity index (χ0v) is 19.5. The zero-order valence-electron chi connectivity index (χ0n) is 19.5. The third kappa shape index (κ3) is 4.29. The summed E-state index contributed by atoms with van der Waals surface area (Å²) in [4.78, 5) is 18.5. The lowest BCUT2D eigenvalue weighted by molar-refractivity contribution is -0.0401. The number of carbonyl (C=O) groups excluding carboxylic acids is 1. The fourth-order valence-electron chi connectivity index (χ4n) is 4.75. The summed E-state index contributed by atoms with van der Waals surface area (Å²) in [7, 11) is 0. The number of ether oxygens (including phenoxy) is 1. The molecule has 0 spiro atoms. The molecule has 7 heteroatoms. The second-order valence-electron chi connectivity index (χ2n) is 9.21. The minimum Gasteiger partial charge on any atom is -0.383 e. The molecule has 1 unspecified atom stereocenters. The Morgan fingerprint density at radius 3 is 2.62 bits per heavy atom. The molecular weight excluding hydrogens is 431 g/mol. The summed E-state index contributed by atoms with van der Waals surface area (Å²) < 4.78 is 20.9. The van der Waals surface area contributed by atoms with E-state index in [1.165, 1.54) is 0 Å². The zero-order chi connectivity index (χ0) is 23.8. The van der Waals surface area contributed by atoms with Crippen molar-refractivity contribution in [2.45, 2.75) is 32.4 Å². The molecule has 0 aliphatic carbocycles. The van der Waals surface area contributed by atoms with Crippen LogP contribution in [0.25, 0.3) is 22.3 Å². The Balaban J connectivity index is 1.45. The number of halogens is 1. The molecule has 0 radical (unpaired) electrons. The van der Waals surface area contributed by atoms with Crippen LogP contribution < -0.4 is 11.1 Å². The molecule has 2 aliphatic heterocycles. The minimum atomic E-state index is -0.605. The van der Waals surface area contributed by atoms with Gasteiger partial charge in [-0.05, 0) is 54.7 Å².